The van der Waals surface area contributed by atoms with E-state index in [4.69, 9.17) is 0 Å². The van der Waals surface area contributed by atoms with Gasteiger partial charge in [-0.25, -0.2) is 0 Å². The zero-order valence-corrected chi connectivity index (χ0v) is 18.6. The van der Waals surface area contributed by atoms with Gasteiger partial charge in [0.1, 0.15) is 0 Å². The fourth-order valence-corrected chi connectivity index (χ4v) is 9.12. The molecule has 2 aromatic carbocycles. The third-order valence-electron chi connectivity index (χ3n) is 7.08. The first-order valence-corrected chi connectivity index (χ1v) is 12.5. The van der Waals surface area contributed by atoms with Crippen molar-refractivity contribution in [3.63, 3.8) is 0 Å². The van der Waals surface area contributed by atoms with Crippen LogP contribution in [0, 0.1) is 10.8 Å². The highest BCUT2D eigenvalue weighted by Gasteiger charge is 2.69. The Kier molecular flexibility index (Phi) is 5.27. The Labute approximate surface area is 186 Å². The van der Waals surface area contributed by atoms with Crippen LogP contribution in [0.15, 0.2) is 60.7 Å². The number of thioether (sulfide) groups is 2. The predicted octanol–water partition coefficient (Wildman–Crippen LogP) is 3.17. The fraction of sp³-hybridized carbons (Fsp3) is 0.458. The van der Waals surface area contributed by atoms with Gasteiger partial charge >= 0.3 is 0 Å². The second-order valence-corrected chi connectivity index (χ2v) is 11.1. The van der Waals surface area contributed by atoms with E-state index in [1.165, 1.54) is 0 Å². The summed E-state index contributed by atoms with van der Waals surface area (Å²) < 4.78 is 0. The highest BCUT2D eigenvalue weighted by molar-refractivity contribution is 8.00. The number of carbonyl (C=O) groups is 1. The lowest BCUT2D eigenvalue weighted by Gasteiger charge is -2.53. The van der Waals surface area contributed by atoms with Crippen LogP contribution in [0.25, 0.3) is 0 Å². The lowest BCUT2D eigenvalue weighted by molar-refractivity contribution is -0.163. The van der Waals surface area contributed by atoms with Crippen LogP contribution in [0.4, 0.5) is 0 Å². The largest absolute Gasteiger partial charge is 0.391 e. The van der Waals surface area contributed by atoms with Crippen molar-refractivity contribution in [1.29, 1.82) is 0 Å². The van der Waals surface area contributed by atoms with E-state index in [9.17, 15) is 15.0 Å². The number of aliphatic hydroxyl groups is 2. The number of hydrogen-bond donors (Lipinski definition) is 2. The van der Waals surface area contributed by atoms with E-state index < -0.39 is 23.0 Å². The number of Topliss-reactive ketones (excluding diaryl/α,β-unsaturated/α-hetero) is 1. The average Bonchev–Trinajstić information content (AvgIpc) is 3.26. The first-order valence-electron chi connectivity index (χ1n) is 10.4. The van der Waals surface area contributed by atoms with Crippen molar-refractivity contribution in [1.82, 2.24) is 4.90 Å². The Hall–Kier alpha value is -1.31. The van der Waals surface area contributed by atoms with Crippen molar-refractivity contribution in [2.45, 2.75) is 22.7 Å². The topological polar surface area (TPSA) is 60.8 Å². The lowest BCUT2D eigenvalue weighted by atomic mass is 9.58. The molecule has 4 nitrogen and oxygen atoms in total. The van der Waals surface area contributed by atoms with Crippen LogP contribution in [0.2, 0.25) is 0 Å². The molecule has 30 heavy (non-hydrogen) atoms. The number of hydrogen-bond acceptors (Lipinski definition) is 6. The minimum atomic E-state index is -0.919. The summed E-state index contributed by atoms with van der Waals surface area (Å²) in [5.74, 6) is 1.12. The number of piperidine rings is 1. The molecule has 0 aliphatic carbocycles. The monoisotopic (exact) mass is 441 g/mol. The molecule has 0 bridgehead atoms. The standard InChI is InChI=1S/C24H27NO3S2/c1-25-14-23(18(26)12-29-20(23)16-8-4-2-5-9-16)22(28)24(15-25)19(27)13-30-21(24)17-10-6-3-7-11-17/h2-11,18-21,26-27H,12-15H2,1H3. The second kappa shape index (κ2) is 7.68. The molecule has 158 valence electrons. The third-order valence-corrected chi connectivity index (χ3v) is 10.1. The SMILES string of the molecule is CN1CC2(C(=O)C3(C1)C(O)CSC3c1ccccc1)C(O)CSC2c1ccccc1. The molecule has 2 aromatic rings. The molecule has 3 aliphatic heterocycles. The Morgan fingerprint density at radius 1 is 0.800 bits per heavy atom. The Morgan fingerprint density at radius 3 is 1.60 bits per heavy atom. The number of carbonyl (C=O) groups excluding carboxylic acids is 1. The van der Waals surface area contributed by atoms with Crippen molar-refractivity contribution in [3.8, 4) is 0 Å². The van der Waals surface area contributed by atoms with E-state index in [1.807, 2.05) is 43.4 Å². The van der Waals surface area contributed by atoms with E-state index in [0.29, 0.717) is 24.6 Å². The van der Waals surface area contributed by atoms with Gasteiger partial charge < -0.3 is 15.1 Å². The molecule has 6 heteroatoms. The van der Waals surface area contributed by atoms with Gasteiger partial charge in [-0.1, -0.05) is 60.7 Å². The number of rotatable bonds is 2. The maximum absolute atomic E-state index is 14.5. The van der Waals surface area contributed by atoms with Crippen molar-refractivity contribution >= 4 is 29.3 Å². The van der Waals surface area contributed by atoms with Gasteiger partial charge in [-0.15, -0.1) is 23.5 Å². The quantitative estimate of drug-likeness (QED) is 0.747. The van der Waals surface area contributed by atoms with Crippen LogP contribution < -0.4 is 0 Å². The number of ketones is 1. The molecule has 2 N–H and O–H groups in total. The molecule has 6 atom stereocenters. The Morgan fingerprint density at radius 2 is 1.20 bits per heavy atom. The summed E-state index contributed by atoms with van der Waals surface area (Å²) >= 11 is 3.34. The molecule has 5 rings (SSSR count). The number of aliphatic hydroxyl groups excluding tert-OH is 2. The van der Waals surface area contributed by atoms with Crippen LogP contribution in [0.1, 0.15) is 21.6 Å². The summed E-state index contributed by atoms with van der Waals surface area (Å²) in [5, 5.41) is 22.3. The highest BCUT2D eigenvalue weighted by atomic mass is 32.2. The summed E-state index contributed by atoms with van der Waals surface area (Å²) in [7, 11) is 2.02. The van der Waals surface area contributed by atoms with Gasteiger partial charge in [-0.2, -0.15) is 0 Å². The molecule has 2 spiro atoms. The van der Waals surface area contributed by atoms with Gasteiger partial charge in [0.2, 0.25) is 0 Å². The fourth-order valence-electron chi connectivity index (χ4n) is 5.81. The maximum atomic E-state index is 14.5. The van der Waals surface area contributed by atoms with Crippen LogP contribution in [-0.2, 0) is 4.79 Å². The number of likely N-dealkylation sites (tertiary alicyclic amines) is 1. The van der Waals surface area contributed by atoms with Crippen LogP contribution in [0.5, 0.6) is 0 Å². The van der Waals surface area contributed by atoms with Gasteiger partial charge in [0.15, 0.2) is 5.78 Å². The lowest BCUT2D eigenvalue weighted by Crippen LogP contribution is -2.66. The predicted molar refractivity (Wildman–Crippen MR) is 123 cm³/mol. The van der Waals surface area contributed by atoms with Gasteiger partial charge in [-0.3, -0.25) is 4.79 Å². The molecule has 0 amide bonds. The summed E-state index contributed by atoms with van der Waals surface area (Å²) in [4.78, 5) is 16.7. The first kappa shape index (κ1) is 20.6. The maximum Gasteiger partial charge on any atom is 0.155 e. The normalized spacial score (nSPS) is 39.2. The van der Waals surface area contributed by atoms with E-state index in [2.05, 4.69) is 29.2 Å². The van der Waals surface area contributed by atoms with Crippen molar-refractivity contribution < 1.29 is 15.0 Å². The van der Waals surface area contributed by atoms with Crippen LogP contribution in [0.3, 0.4) is 0 Å². The molecule has 6 unspecified atom stereocenters. The van der Waals surface area contributed by atoms with Crippen molar-refractivity contribution in [2.75, 3.05) is 31.6 Å². The summed E-state index contributed by atoms with van der Waals surface area (Å²) in [6.07, 6.45) is -1.46. The summed E-state index contributed by atoms with van der Waals surface area (Å²) in [5.41, 5.74) is 0.319. The van der Waals surface area contributed by atoms with Gasteiger partial charge in [0, 0.05) is 35.1 Å². The molecule has 3 heterocycles. The molecule has 3 saturated heterocycles. The number of benzene rings is 2. The highest BCUT2D eigenvalue weighted by Crippen LogP contribution is 2.64. The average molecular weight is 442 g/mol. The van der Waals surface area contributed by atoms with Crippen molar-refractivity contribution in [2.24, 2.45) is 10.8 Å². The zero-order chi connectivity index (χ0) is 20.9. The van der Waals surface area contributed by atoms with E-state index in [1.54, 1.807) is 23.5 Å². The van der Waals surface area contributed by atoms with Crippen LogP contribution >= 0.6 is 23.5 Å². The molecule has 0 aromatic heterocycles. The molecule has 0 saturated carbocycles. The van der Waals surface area contributed by atoms with Gasteiger partial charge in [-0.05, 0) is 18.2 Å². The summed E-state index contributed by atoms with van der Waals surface area (Å²) in [6.45, 7) is 1.03. The van der Waals surface area contributed by atoms with Crippen molar-refractivity contribution in [3.05, 3.63) is 71.8 Å². The molecule has 3 fully saturated rings. The Balaban J connectivity index is 1.65. The van der Waals surface area contributed by atoms with Gasteiger partial charge in [0.25, 0.3) is 0 Å². The Bertz CT molecular complexity index is 853. The smallest absolute Gasteiger partial charge is 0.155 e. The minimum absolute atomic E-state index is 0.0470. The second-order valence-electron chi connectivity index (χ2n) is 8.86. The van der Waals surface area contributed by atoms with Gasteiger partial charge in [0.05, 0.1) is 23.0 Å². The first-order chi connectivity index (χ1) is 14.5. The molecular weight excluding hydrogens is 414 g/mol. The van der Waals surface area contributed by atoms with E-state index in [-0.39, 0.29) is 16.3 Å². The molecular formula is C24H27NO3S2. The van der Waals surface area contributed by atoms with Crippen LogP contribution in [-0.4, -0.2) is 64.7 Å². The van der Waals surface area contributed by atoms with E-state index >= 15 is 0 Å². The van der Waals surface area contributed by atoms with E-state index in [0.717, 1.165) is 11.1 Å². The zero-order valence-electron chi connectivity index (χ0n) is 17.0. The summed E-state index contributed by atoms with van der Waals surface area (Å²) in [6, 6.07) is 20.2. The minimum Gasteiger partial charge on any atom is -0.391 e. The number of nitrogens with zero attached hydrogens (tertiary/aromatic N) is 1. The third kappa shape index (κ3) is 2.84. The molecule has 0 radical (unpaired) electrons. The molecule has 3 aliphatic rings.